The standard InChI is InChI=1S/C19H33NO7/c1-12(8-10-14(21)26-18(2,3)4)16(23)20-13(17(24)25)9-11-15(22)27-19(5,6)7/h12-13H,8-11H2,1-7H3,(H,20,23)(H,24,25)/t12-,13-/m1/s1. The highest BCUT2D eigenvalue weighted by molar-refractivity contribution is 5.85. The number of carboxylic acids is 1. The third kappa shape index (κ3) is 12.8. The average Bonchev–Trinajstić information content (AvgIpc) is 2.44. The molecule has 0 rings (SSSR count). The van der Waals surface area contributed by atoms with E-state index < -0.39 is 47.0 Å². The number of ether oxygens (including phenoxy) is 2. The molecular formula is C19H33NO7. The second kappa shape index (κ2) is 10.3. The van der Waals surface area contributed by atoms with Gasteiger partial charge in [0.2, 0.25) is 5.91 Å². The van der Waals surface area contributed by atoms with Gasteiger partial charge in [0, 0.05) is 18.8 Å². The highest BCUT2D eigenvalue weighted by Gasteiger charge is 2.26. The third-order valence-electron chi connectivity index (χ3n) is 3.32. The van der Waals surface area contributed by atoms with Crippen molar-refractivity contribution < 1.29 is 33.8 Å². The molecule has 1 amide bonds. The van der Waals surface area contributed by atoms with Gasteiger partial charge in [0.1, 0.15) is 17.2 Å². The monoisotopic (exact) mass is 387 g/mol. The van der Waals surface area contributed by atoms with Gasteiger partial charge < -0.3 is 19.9 Å². The van der Waals surface area contributed by atoms with E-state index in [1.807, 2.05) is 0 Å². The lowest BCUT2D eigenvalue weighted by Gasteiger charge is -2.21. The van der Waals surface area contributed by atoms with Crippen molar-refractivity contribution in [1.82, 2.24) is 5.32 Å². The molecule has 0 bridgehead atoms. The van der Waals surface area contributed by atoms with Crippen LogP contribution in [0, 0.1) is 5.92 Å². The predicted molar refractivity (Wildman–Crippen MR) is 98.9 cm³/mol. The zero-order valence-corrected chi connectivity index (χ0v) is 17.4. The minimum atomic E-state index is -1.23. The fraction of sp³-hybridized carbons (Fsp3) is 0.789. The molecule has 0 aromatic rings. The van der Waals surface area contributed by atoms with Gasteiger partial charge in [-0.1, -0.05) is 6.92 Å². The van der Waals surface area contributed by atoms with Crippen molar-refractivity contribution in [3.63, 3.8) is 0 Å². The van der Waals surface area contributed by atoms with E-state index in [9.17, 15) is 24.3 Å². The van der Waals surface area contributed by atoms with E-state index in [0.29, 0.717) is 0 Å². The fourth-order valence-corrected chi connectivity index (χ4v) is 2.08. The summed E-state index contributed by atoms with van der Waals surface area (Å²) in [6, 6.07) is -1.20. The normalized spacial score (nSPS) is 14.0. The molecule has 8 heteroatoms. The molecule has 0 saturated heterocycles. The molecule has 0 fully saturated rings. The first kappa shape index (κ1) is 24.9. The van der Waals surface area contributed by atoms with Gasteiger partial charge >= 0.3 is 17.9 Å². The Morgan fingerprint density at radius 3 is 1.63 bits per heavy atom. The molecule has 0 spiro atoms. The molecule has 0 radical (unpaired) electrons. The zero-order valence-electron chi connectivity index (χ0n) is 17.4. The molecule has 156 valence electrons. The Morgan fingerprint density at radius 1 is 0.852 bits per heavy atom. The van der Waals surface area contributed by atoms with E-state index in [1.165, 1.54) is 0 Å². The van der Waals surface area contributed by atoms with Crippen LogP contribution in [0.3, 0.4) is 0 Å². The van der Waals surface area contributed by atoms with E-state index in [4.69, 9.17) is 9.47 Å². The van der Waals surface area contributed by atoms with Crippen molar-refractivity contribution in [2.45, 2.75) is 91.4 Å². The molecular weight excluding hydrogens is 354 g/mol. The number of rotatable bonds is 9. The summed E-state index contributed by atoms with van der Waals surface area (Å²) in [5.41, 5.74) is -1.26. The summed E-state index contributed by atoms with van der Waals surface area (Å²) >= 11 is 0. The van der Waals surface area contributed by atoms with Crippen molar-refractivity contribution in [1.29, 1.82) is 0 Å². The maximum Gasteiger partial charge on any atom is 0.326 e. The number of carbonyl (C=O) groups is 4. The first-order valence-corrected chi connectivity index (χ1v) is 9.07. The molecule has 0 aliphatic heterocycles. The zero-order chi connectivity index (χ0) is 21.4. The van der Waals surface area contributed by atoms with E-state index in [2.05, 4.69) is 5.32 Å². The van der Waals surface area contributed by atoms with Gasteiger partial charge in [-0.05, 0) is 54.4 Å². The van der Waals surface area contributed by atoms with Gasteiger partial charge in [0.15, 0.2) is 0 Å². The Morgan fingerprint density at radius 2 is 1.26 bits per heavy atom. The van der Waals surface area contributed by atoms with Crippen LogP contribution >= 0.6 is 0 Å². The summed E-state index contributed by atoms with van der Waals surface area (Å²) in [7, 11) is 0. The Labute approximate surface area is 161 Å². The lowest BCUT2D eigenvalue weighted by atomic mass is 10.0. The number of carbonyl (C=O) groups excluding carboxylic acids is 3. The minimum absolute atomic E-state index is 0.0570. The maximum absolute atomic E-state index is 12.2. The minimum Gasteiger partial charge on any atom is -0.480 e. The first-order valence-electron chi connectivity index (χ1n) is 9.07. The Balaban J connectivity index is 4.51. The molecule has 0 aromatic carbocycles. The summed E-state index contributed by atoms with van der Waals surface area (Å²) in [5, 5.41) is 11.7. The molecule has 8 nitrogen and oxygen atoms in total. The molecule has 2 atom stereocenters. The topological polar surface area (TPSA) is 119 Å². The second-order valence-corrected chi connectivity index (χ2v) is 8.55. The van der Waals surface area contributed by atoms with Crippen LogP contribution in [0.2, 0.25) is 0 Å². The van der Waals surface area contributed by atoms with Crippen LogP contribution < -0.4 is 5.32 Å². The lowest BCUT2D eigenvalue weighted by molar-refractivity contribution is -0.157. The van der Waals surface area contributed by atoms with Crippen molar-refractivity contribution >= 4 is 23.8 Å². The van der Waals surface area contributed by atoms with Crippen LogP contribution in [0.5, 0.6) is 0 Å². The van der Waals surface area contributed by atoms with Crippen LogP contribution in [0.15, 0.2) is 0 Å². The van der Waals surface area contributed by atoms with Crippen molar-refractivity contribution in [3.8, 4) is 0 Å². The maximum atomic E-state index is 12.2. The number of nitrogens with one attached hydrogen (secondary N) is 1. The Kier molecular flexibility index (Phi) is 9.47. The predicted octanol–water partition coefficient (Wildman–Crippen LogP) is 2.44. The number of hydrogen-bond acceptors (Lipinski definition) is 6. The SMILES string of the molecule is C[C@H](CCC(=O)OC(C)(C)C)C(=O)N[C@H](CCC(=O)OC(C)(C)C)C(=O)O. The van der Waals surface area contributed by atoms with Crippen molar-refractivity contribution in [2.24, 2.45) is 5.92 Å². The van der Waals surface area contributed by atoms with Crippen LogP contribution in [0.25, 0.3) is 0 Å². The summed E-state index contributed by atoms with van der Waals surface area (Å²) in [5.74, 6) is -3.23. The van der Waals surface area contributed by atoms with Crippen LogP contribution in [0.4, 0.5) is 0 Å². The van der Waals surface area contributed by atoms with Gasteiger partial charge in [0.25, 0.3) is 0 Å². The molecule has 0 aliphatic carbocycles. The van der Waals surface area contributed by atoms with E-state index in [-0.39, 0.29) is 25.7 Å². The second-order valence-electron chi connectivity index (χ2n) is 8.55. The molecule has 0 unspecified atom stereocenters. The highest BCUT2D eigenvalue weighted by atomic mass is 16.6. The van der Waals surface area contributed by atoms with Crippen LogP contribution in [-0.2, 0) is 28.7 Å². The molecule has 0 saturated carbocycles. The van der Waals surface area contributed by atoms with Gasteiger partial charge in [0.05, 0.1) is 0 Å². The summed E-state index contributed by atoms with van der Waals surface area (Å²) in [6.07, 6.45) is 0.0935. The summed E-state index contributed by atoms with van der Waals surface area (Å²) < 4.78 is 10.3. The number of aliphatic carboxylic acids is 1. The molecule has 2 N–H and O–H groups in total. The van der Waals surface area contributed by atoms with Crippen molar-refractivity contribution in [2.75, 3.05) is 0 Å². The van der Waals surface area contributed by atoms with Gasteiger partial charge in [-0.3, -0.25) is 14.4 Å². The van der Waals surface area contributed by atoms with Crippen molar-refractivity contribution in [3.05, 3.63) is 0 Å². The van der Waals surface area contributed by atoms with E-state index in [1.54, 1.807) is 48.5 Å². The van der Waals surface area contributed by atoms with E-state index >= 15 is 0 Å². The summed E-state index contributed by atoms with van der Waals surface area (Å²) in [4.78, 5) is 46.9. The number of esters is 2. The highest BCUT2D eigenvalue weighted by Crippen LogP contribution is 2.14. The molecule has 0 heterocycles. The van der Waals surface area contributed by atoms with E-state index in [0.717, 1.165) is 0 Å². The van der Waals surface area contributed by atoms with Crippen LogP contribution in [-0.4, -0.2) is 46.2 Å². The first-order chi connectivity index (χ1) is 12.1. The summed E-state index contributed by atoms with van der Waals surface area (Å²) in [6.45, 7) is 12.0. The van der Waals surface area contributed by atoms with Gasteiger partial charge in [-0.2, -0.15) is 0 Å². The number of carboxylic acid groups (broad SMARTS) is 1. The molecule has 27 heavy (non-hydrogen) atoms. The largest absolute Gasteiger partial charge is 0.480 e. The molecule has 0 aromatic heterocycles. The smallest absolute Gasteiger partial charge is 0.326 e. The van der Waals surface area contributed by atoms with Gasteiger partial charge in [-0.15, -0.1) is 0 Å². The molecule has 0 aliphatic rings. The average molecular weight is 387 g/mol. The van der Waals surface area contributed by atoms with Crippen LogP contribution in [0.1, 0.15) is 74.1 Å². The number of hydrogen-bond donors (Lipinski definition) is 2. The van der Waals surface area contributed by atoms with Gasteiger partial charge in [-0.25, -0.2) is 4.79 Å². The quantitative estimate of drug-likeness (QED) is 0.583. The Hall–Kier alpha value is -2.12. The fourth-order valence-electron chi connectivity index (χ4n) is 2.08. The lowest BCUT2D eigenvalue weighted by Crippen LogP contribution is -2.43. The Bertz CT molecular complexity index is 543. The number of amides is 1. The third-order valence-corrected chi connectivity index (χ3v) is 3.32.